The van der Waals surface area contributed by atoms with Gasteiger partial charge in [0.1, 0.15) is 0 Å². The first kappa shape index (κ1) is 19.0. The number of aliphatic imine (C=N–C) groups is 1. The third-order valence-electron chi connectivity index (χ3n) is 5.55. The van der Waals surface area contributed by atoms with Crippen LogP contribution in [0.25, 0.3) is 0 Å². The van der Waals surface area contributed by atoms with Gasteiger partial charge in [-0.2, -0.15) is 0 Å². The topological polar surface area (TPSA) is 48.9 Å². The molecule has 3 rings (SSSR count). The number of benzene rings is 1. The molecule has 2 fully saturated rings. The first-order chi connectivity index (χ1) is 12.8. The third kappa shape index (κ3) is 5.90. The molecule has 1 aromatic rings. The normalized spacial score (nSPS) is 19.0. The zero-order chi connectivity index (χ0) is 18.0. The van der Waals surface area contributed by atoms with Crippen LogP contribution in [0.5, 0.6) is 0 Å². The molecular weight excluding hydrogens is 324 g/mol. The number of guanidine groups is 1. The lowest BCUT2D eigenvalue weighted by molar-refractivity contribution is 0.122. The predicted octanol–water partition coefficient (Wildman–Crippen LogP) is 3.16. The summed E-state index contributed by atoms with van der Waals surface area (Å²) in [4.78, 5) is 6.72. The van der Waals surface area contributed by atoms with Crippen molar-refractivity contribution in [1.29, 1.82) is 0 Å². The highest BCUT2D eigenvalue weighted by atomic mass is 16.5. The summed E-state index contributed by atoms with van der Waals surface area (Å²) in [5.41, 5.74) is 2.56. The van der Waals surface area contributed by atoms with Crippen LogP contribution in [0.4, 0.5) is 5.69 Å². The summed E-state index contributed by atoms with van der Waals surface area (Å²) in [6.45, 7) is 5.42. The maximum Gasteiger partial charge on any atom is 0.191 e. The van der Waals surface area contributed by atoms with Crippen molar-refractivity contribution in [3.63, 3.8) is 0 Å². The molecule has 1 aliphatic heterocycles. The van der Waals surface area contributed by atoms with Gasteiger partial charge >= 0.3 is 0 Å². The number of nitrogens with zero attached hydrogens (tertiary/aromatic N) is 2. The fourth-order valence-corrected chi connectivity index (χ4v) is 3.95. The van der Waals surface area contributed by atoms with Crippen molar-refractivity contribution in [3.8, 4) is 0 Å². The molecule has 1 saturated heterocycles. The molecule has 0 aromatic heterocycles. The lowest BCUT2D eigenvalue weighted by atomic mass is 10.0. The van der Waals surface area contributed by atoms with E-state index in [0.29, 0.717) is 0 Å². The number of ether oxygens (including phenoxy) is 1. The molecule has 0 bridgehead atoms. The Bertz CT molecular complexity index is 546. The molecule has 2 N–H and O–H groups in total. The van der Waals surface area contributed by atoms with E-state index in [-0.39, 0.29) is 0 Å². The summed E-state index contributed by atoms with van der Waals surface area (Å²) in [6.07, 6.45) is 8.34. The van der Waals surface area contributed by atoms with Crippen molar-refractivity contribution < 1.29 is 4.74 Å². The maximum absolute atomic E-state index is 5.42. The van der Waals surface area contributed by atoms with Gasteiger partial charge in [-0.15, -0.1) is 0 Å². The van der Waals surface area contributed by atoms with Crippen LogP contribution in [0.15, 0.2) is 29.3 Å². The number of hydrogen-bond donors (Lipinski definition) is 2. The highest BCUT2D eigenvalue weighted by molar-refractivity contribution is 5.79. The molecule has 2 aliphatic rings. The first-order valence-electron chi connectivity index (χ1n) is 10.2. The summed E-state index contributed by atoms with van der Waals surface area (Å²) >= 11 is 0. The van der Waals surface area contributed by atoms with Gasteiger partial charge in [0.25, 0.3) is 0 Å². The van der Waals surface area contributed by atoms with Crippen molar-refractivity contribution in [3.05, 3.63) is 29.8 Å². The molecule has 0 amide bonds. The van der Waals surface area contributed by atoms with E-state index in [2.05, 4.69) is 44.8 Å². The standard InChI is InChI=1S/C21H34N4O/c1-22-21(23-12-4-7-18-5-2-3-6-18)24-17-19-8-10-20(11-9-19)25-13-15-26-16-14-25/h8-11,18H,2-7,12-17H2,1H3,(H2,22,23,24). The molecular formula is C21H34N4O. The van der Waals surface area contributed by atoms with Crippen LogP contribution in [0, 0.1) is 5.92 Å². The minimum atomic E-state index is 0.797. The van der Waals surface area contributed by atoms with Crippen molar-refractivity contribution in [1.82, 2.24) is 10.6 Å². The maximum atomic E-state index is 5.42. The number of morpholine rings is 1. The minimum absolute atomic E-state index is 0.797. The third-order valence-corrected chi connectivity index (χ3v) is 5.55. The highest BCUT2D eigenvalue weighted by Crippen LogP contribution is 2.28. The fraction of sp³-hybridized carbons (Fsp3) is 0.667. The van der Waals surface area contributed by atoms with Gasteiger partial charge in [-0.3, -0.25) is 4.99 Å². The quantitative estimate of drug-likeness (QED) is 0.447. The molecule has 1 aromatic carbocycles. The minimum Gasteiger partial charge on any atom is -0.378 e. The lowest BCUT2D eigenvalue weighted by Crippen LogP contribution is -2.37. The Morgan fingerprint density at radius 1 is 1.12 bits per heavy atom. The van der Waals surface area contributed by atoms with E-state index >= 15 is 0 Å². The highest BCUT2D eigenvalue weighted by Gasteiger charge is 2.14. The molecule has 0 atom stereocenters. The van der Waals surface area contributed by atoms with Gasteiger partial charge < -0.3 is 20.3 Å². The lowest BCUT2D eigenvalue weighted by Gasteiger charge is -2.28. The molecule has 26 heavy (non-hydrogen) atoms. The molecule has 0 radical (unpaired) electrons. The molecule has 0 unspecified atom stereocenters. The molecule has 1 heterocycles. The SMILES string of the molecule is CN=C(NCCCC1CCCC1)NCc1ccc(N2CCOCC2)cc1. The number of hydrogen-bond acceptors (Lipinski definition) is 3. The zero-order valence-corrected chi connectivity index (χ0v) is 16.2. The summed E-state index contributed by atoms with van der Waals surface area (Å²) in [5.74, 6) is 1.87. The van der Waals surface area contributed by atoms with Gasteiger partial charge in [-0.05, 0) is 36.5 Å². The van der Waals surface area contributed by atoms with Crippen LogP contribution in [-0.2, 0) is 11.3 Å². The second-order valence-corrected chi connectivity index (χ2v) is 7.41. The Kier molecular flexibility index (Phi) is 7.62. The summed E-state index contributed by atoms with van der Waals surface area (Å²) in [5, 5.41) is 6.86. The van der Waals surface area contributed by atoms with Gasteiger partial charge in [0.05, 0.1) is 13.2 Å². The largest absolute Gasteiger partial charge is 0.378 e. The van der Waals surface area contributed by atoms with Gasteiger partial charge in [-0.1, -0.05) is 37.8 Å². The van der Waals surface area contributed by atoms with Gasteiger partial charge in [0.2, 0.25) is 0 Å². The Labute approximate surface area is 158 Å². The second-order valence-electron chi connectivity index (χ2n) is 7.41. The summed E-state index contributed by atoms with van der Waals surface area (Å²) < 4.78 is 5.42. The number of anilines is 1. The van der Waals surface area contributed by atoms with Crippen LogP contribution in [0.2, 0.25) is 0 Å². The van der Waals surface area contributed by atoms with E-state index < -0.39 is 0 Å². The van der Waals surface area contributed by atoms with E-state index in [9.17, 15) is 0 Å². The Morgan fingerprint density at radius 3 is 2.54 bits per heavy atom. The van der Waals surface area contributed by atoms with Gasteiger partial charge in [-0.25, -0.2) is 0 Å². The van der Waals surface area contributed by atoms with E-state index in [4.69, 9.17) is 4.74 Å². The monoisotopic (exact) mass is 358 g/mol. The van der Waals surface area contributed by atoms with Crippen molar-refractivity contribution in [2.24, 2.45) is 10.9 Å². The van der Waals surface area contributed by atoms with Crippen molar-refractivity contribution in [2.75, 3.05) is 44.8 Å². The molecule has 1 aliphatic carbocycles. The molecule has 5 nitrogen and oxygen atoms in total. The Hall–Kier alpha value is -1.75. The van der Waals surface area contributed by atoms with Crippen LogP contribution in [0.1, 0.15) is 44.1 Å². The molecule has 5 heteroatoms. The second kappa shape index (κ2) is 10.4. The van der Waals surface area contributed by atoms with Crippen LogP contribution in [0.3, 0.4) is 0 Å². The van der Waals surface area contributed by atoms with Crippen molar-refractivity contribution in [2.45, 2.75) is 45.1 Å². The van der Waals surface area contributed by atoms with E-state index in [1.54, 1.807) is 0 Å². The average Bonchev–Trinajstić information content (AvgIpc) is 3.22. The van der Waals surface area contributed by atoms with Crippen LogP contribution >= 0.6 is 0 Å². The Morgan fingerprint density at radius 2 is 1.85 bits per heavy atom. The zero-order valence-electron chi connectivity index (χ0n) is 16.2. The van der Waals surface area contributed by atoms with E-state index in [1.807, 2.05) is 7.05 Å². The van der Waals surface area contributed by atoms with E-state index in [0.717, 1.165) is 51.3 Å². The molecule has 1 saturated carbocycles. The molecule has 0 spiro atoms. The van der Waals surface area contributed by atoms with Crippen LogP contribution < -0.4 is 15.5 Å². The van der Waals surface area contributed by atoms with Crippen LogP contribution in [-0.4, -0.2) is 45.9 Å². The predicted molar refractivity (Wildman–Crippen MR) is 109 cm³/mol. The summed E-state index contributed by atoms with van der Waals surface area (Å²) in [7, 11) is 1.84. The van der Waals surface area contributed by atoms with Gasteiger partial charge in [0, 0.05) is 38.9 Å². The van der Waals surface area contributed by atoms with E-state index in [1.165, 1.54) is 49.8 Å². The average molecular weight is 359 g/mol. The summed E-state index contributed by atoms with van der Waals surface area (Å²) in [6, 6.07) is 8.82. The van der Waals surface area contributed by atoms with Gasteiger partial charge in [0.15, 0.2) is 5.96 Å². The van der Waals surface area contributed by atoms with Crippen molar-refractivity contribution >= 4 is 11.6 Å². The fourth-order valence-electron chi connectivity index (χ4n) is 3.95. The smallest absolute Gasteiger partial charge is 0.191 e. The number of nitrogens with one attached hydrogen (secondary N) is 2. The Balaban J connectivity index is 1.36. The number of rotatable bonds is 7. The molecule has 144 valence electrons. The first-order valence-corrected chi connectivity index (χ1v) is 10.2.